The largest absolute Gasteiger partial charge is 0.399 e. The number of amides is 2. The maximum absolute atomic E-state index is 11.7. The number of benzene rings is 1. The van der Waals surface area contributed by atoms with E-state index in [0.29, 0.717) is 24.3 Å². The van der Waals surface area contributed by atoms with Crippen LogP contribution in [-0.4, -0.2) is 36.7 Å². The third kappa shape index (κ3) is 5.19. The number of nitrogens with two attached hydrogens (primary N) is 2. The first-order chi connectivity index (χ1) is 9.04. The van der Waals surface area contributed by atoms with Gasteiger partial charge in [0.2, 0.25) is 5.91 Å². The van der Waals surface area contributed by atoms with Crippen molar-refractivity contribution in [2.75, 3.05) is 24.6 Å². The van der Waals surface area contributed by atoms with Crippen molar-refractivity contribution in [2.45, 2.75) is 6.04 Å². The van der Waals surface area contributed by atoms with Crippen LogP contribution in [0.3, 0.4) is 0 Å². The molecule has 2 amide bonds. The normalized spacial score (nSPS) is 11.7. The van der Waals surface area contributed by atoms with Crippen LogP contribution in [0, 0.1) is 0 Å². The molecule has 0 saturated carbocycles. The van der Waals surface area contributed by atoms with E-state index in [1.54, 1.807) is 24.3 Å². The van der Waals surface area contributed by atoms with E-state index in [0.717, 1.165) is 0 Å². The van der Waals surface area contributed by atoms with Gasteiger partial charge in [0.25, 0.3) is 5.91 Å². The van der Waals surface area contributed by atoms with Gasteiger partial charge in [0.15, 0.2) is 0 Å². The predicted molar refractivity (Wildman–Crippen MR) is 78.0 cm³/mol. The summed E-state index contributed by atoms with van der Waals surface area (Å²) in [6.45, 7) is 0.648. The summed E-state index contributed by atoms with van der Waals surface area (Å²) in [5, 5.41) is 5.28. The SMILES string of the molecule is Nc1ccc(C(=O)NCCNC(=O)C(N)CS)cc1. The maximum atomic E-state index is 11.7. The number of carbonyl (C=O) groups is 2. The van der Waals surface area contributed by atoms with Crippen LogP contribution >= 0.6 is 12.6 Å². The second kappa shape index (κ2) is 7.65. The molecule has 0 saturated heterocycles. The number of nitrogens with one attached hydrogen (secondary N) is 2. The van der Waals surface area contributed by atoms with Gasteiger partial charge in [-0.05, 0) is 24.3 Å². The fourth-order valence-electron chi connectivity index (χ4n) is 1.31. The summed E-state index contributed by atoms with van der Waals surface area (Å²) in [6.07, 6.45) is 0. The van der Waals surface area contributed by atoms with E-state index in [2.05, 4.69) is 23.3 Å². The third-order valence-electron chi connectivity index (χ3n) is 2.42. The van der Waals surface area contributed by atoms with Gasteiger partial charge in [-0.2, -0.15) is 12.6 Å². The average molecular weight is 282 g/mol. The fraction of sp³-hybridized carbons (Fsp3) is 0.333. The van der Waals surface area contributed by atoms with Crippen LogP contribution in [0.2, 0.25) is 0 Å². The van der Waals surface area contributed by atoms with Gasteiger partial charge in [-0.1, -0.05) is 0 Å². The van der Waals surface area contributed by atoms with E-state index in [1.165, 1.54) is 0 Å². The molecule has 0 bridgehead atoms. The van der Waals surface area contributed by atoms with Crippen LogP contribution in [0.5, 0.6) is 0 Å². The van der Waals surface area contributed by atoms with E-state index >= 15 is 0 Å². The molecule has 0 radical (unpaired) electrons. The Balaban J connectivity index is 2.28. The molecule has 1 aromatic rings. The second-order valence-electron chi connectivity index (χ2n) is 3.96. The number of nitrogen functional groups attached to an aromatic ring is 1. The Labute approximate surface area is 117 Å². The van der Waals surface area contributed by atoms with E-state index in [-0.39, 0.29) is 17.6 Å². The number of hydrogen-bond donors (Lipinski definition) is 5. The zero-order valence-corrected chi connectivity index (χ0v) is 11.3. The second-order valence-corrected chi connectivity index (χ2v) is 4.32. The quantitative estimate of drug-likeness (QED) is 0.272. The highest BCUT2D eigenvalue weighted by Crippen LogP contribution is 2.04. The molecule has 6 N–H and O–H groups in total. The first-order valence-corrected chi connectivity index (χ1v) is 6.45. The lowest BCUT2D eigenvalue weighted by Crippen LogP contribution is -2.44. The Kier molecular flexibility index (Phi) is 6.17. The molecule has 1 aromatic carbocycles. The Morgan fingerprint density at radius 2 is 1.74 bits per heavy atom. The van der Waals surface area contributed by atoms with Gasteiger partial charge in [-0.3, -0.25) is 9.59 Å². The monoisotopic (exact) mass is 282 g/mol. The molecule has 7 heteroatoms. The Hall–Kier alpha value is -1.73. The number of thiol groups is 1. The Morgan fingerprint density at radius 1 is 1.16 bits per heavy atom. The summed E-state index contributed by atoms with van der Waals surface area (Å²) in [5.41, 5.74) is 12.1. The predicted octanol–water partition coefficient (Wildman–Crippen LogP) is -0.628. The highest BCUT2D eigenvalue weighted by atomic mass is 32.1. The lowest BCUT2D eigenvalue weighted by atomic mass is 10.2. The van der Waals surface area contributed by atoms with Crippen LogP contribution in [0.25, 0.3) is 0 Å². The van der Waals surface area contributed by atoms with Crippen LogP contribution in [0.4, 0.5) is 5.69 Å². The Bertz CT molecular complexity index is 436. The summed E-state index contributed by atoms with van der Waals surface area (Å²) in [4.78, 5) is 23.0. The van der Waals surface area contributed by atoms with E-state index in [9.17, 15) is 9.59 Å². The molecule has 0 spiro atoms. The van der Waals surface area contributed by atoms with Crippen molar-refractivity contribution in [3.8, 4) is 0 Å². The van der Waals surface area contributed by atoms with E-state index in [1.807, 2.05) is 0 Å². The standard InChI is InChI=1S/C12H18N4O2S/c13-9-3-1-8(2-4-9)11(17)15-5-6-16-12(18)10(14)7-19/h1-4,10,19H,5-7,13-14H2,(H,15,17)(H,16,18). The summed E-state index contributed by atoms with van der Waals surface area (Å²) in [5.74, 6) is -0.214. The molecule has 6 nitrogen and oxygen atoms in total. The topological polar surface area (TPSA) is 110 Å². The number of anilines is 1. The van der Waals surface area contributed by atoms with Crippen LogP contribution in [0.1, 0.15) is 10.4 Å². The summed E-state index contributed by atoms with van der Waals surface area (Å²) in [6, 6.07) is 5.96. The van der Waals surface area contributed by atoms with Crippen molar-refractivity contribution in [2.24, 2.45) is 5.73 Å². The molecular weight excluding hydrogens is 264 g/mol. The van der Waals surface area contributed by atoms with Crippen LogP contribution < -0.4 is 22.1 Å². The molecule has 0 aliphatic rings. The van der Waals surface area contributed by atoms with Crippen molar-refractivity contribution in [1.29, 1.82) is 0 Å². The van der Waals surface area contributed by atoms with Gasteiger partial charge in [0.05, 0.1) is 6.04 Å². The van der Waals surface area contributed by atoms with Gasteiger partial charge in [-0.15, -0.1) is 0 Å². The lowest BCUT2D eigenvalue weighted by Gasteiger charge is -2.10. The smallest absolute Gasteiger partial charge is 0.251 e. The maximum Gasteiger partial charge on any atom is 0.251 e. The number of rotatable bonds is 6. The minimum Gasteiger partial charge on any atom is -0.399 e. The molecule has 0 heterocycles. The molecule has 1 unspecified atom stereocenters. The first-order valence-electron chi connectivity index (χ1n) is 5.82. The highest BCUT2D eigenvalue weighted by molar-refractivity contribution is 7.80. The fourth-order valence-corrected chi connectivity index (χ4v) is 1.48. The summed E-state index contributed by atoms with van der Waals surface area (Å²) < 4.78 is 0. The Morgan fingerprint density at radius 3 is 2.32 bits per heavy atom. The van der Waals surface area contributed by atoms with Crippen molar-refractivity contribution in [3.05, 3.63) is 29.8 Å². The number of carbonyl (C=O) groups excluding carboxylic acids is 2. The minimum atomic E-state index is -0.629. The molecule has 0 aliphatic heterocycles. The zero-order chi connectivity index (χ0) is 14.3. The molecule has 104 valence electrons. The zero-order valence-electron chi connectivity index (χ0n) is 10.4. The summed E-state index contributed by atoms with van der Waals surface area (Å²) >= 11 is 3.92. The van der Waals surface area contributed by atoms with Gasteiger partial charge >= 0.3 is 0 Å². The molecule has 1 atom stereocenters. The van der Waals surface area contributed by atoms with E-state index < -0.39 is 6.04 Å². The lowest BCUT2D eigenvalue weighted by molar-refractivity contribution is -0.121. The van der Waals surface area contributed by atoms with Crippen molar-refractivity contribution in [1.82, 2.24) is 10.6 Å². The van der Waals surface area contributed by atoms with Crippen molar-refractivity contribution in [3.63, 3.8) is 0 Å². The first kappa shape index (κ1) is 15.3. The average Bonchev–Trinajstić information content (AvgIpc) is 2.42. The van der Waals surface area contributed by atoms with Crippen LogP contribution in [-0.2, 0) is 4.79 Å². The van der Waals surface area contributed by atoms with Crippen molar-refractivity contribution >= 4 is 30.1 Å². The highest BCUT2D eigenvalue weighted by Gasteiger charge is 2.10. The molecule has 0 fully saturated rings. The molecule has 0 aliphatic carbocycles. The van der Waals surface area contributed by atoms with Crippen LogP contribution in [0.15, 0.2) is 24.3 Å². The third-order valence-corrected chi connectivity index (χ3v) is 2.81. The minimum absolute atomic E-state index is 0.215. The van der Waals surface area contributed by atoms with E-state index in [4.69, 9.17) is 11.5 Å². The van der Waals surface area contributed by atoms with Crippen molar-refractivity contribution < 1.29 is 9.59 Å². The van der Waals surface area contributed by atoms with Gasteiger partial charge in [0, 0.05) is 30.1 Å². The van der Waals surface area contributed by atoms with Gasteiger partial charge in [0.1, 0.15) is 0 Å². The molecule has 1 rings (SSSR count). The molecular formula is C12H18N4O2S. The molecule has 0 aromatic heterocycles. The number of hydrogen-bond acceptors (Lipinski definition) is 5. The van der Waals surface area contributed by atoms with Gasteiger partial charge < -0.3 is 22.1 Å². The molecule has 19 heavy (non-hydrogen) atoms. The summed E-state index contributed by atoms with van der Waals surface area (Å²) in [7, 11) is 0. The van der Waals surface area contributed by atoms with Gasteiger partial charge in [-0.25, -0.2) is 0 Å².